The minimum absolute atomic E-state index is 0.0420. The van der Waals surface area contributed by atoms with Crippen molar-refractivity contribution in [3.8, 4) is 0 Å². The summed E-state index contributed by atoms with van der Waals surface area (Å²) in [5.41, 5.74) is 1.86. The number of hydrogen-bond acceptors (Lipinski definition) is 3. The Morgan fingerprint density at radius 1 is 1.50 bits per heavy atom. The first kappa shape index (κ1) is 11.0. The molecule has 0 heterocycles. The third-order valence-corrected chi connectivity index (χ3v) is 2.36. The van der Waals surface area contributed by atoms with Gasteiger partial charge in [0.1, 0.15) is 0 Å². The van der Waals surface area contributed by atoms with Crippen LogP contribution in [-0.2, 0) is 9.59 Å². The zero-order valence-corrected chi connectivity index (χ0v) is 8.62. The van der Waals surface area contributed by atoms with Crippen LogP contribution in [0.3, 0.4) is 0 Å². The Balaban J connectivity index is 2.55. The maximum Gasteiger partial charge on any atom is 0.323 e. The van der Waals surface area contributed by atoms with Gasteiger partial charge in [0.25, 0.3) is 0 Å². The van der Waals surface area contributed by atoms with Crippen LogP contribution in [0.5, 0.6) is 0 Å². The van der Waals surface area contributed by atoms with Crippen LogP contribution in [0.15, 0.2) is 0 Å². The molecule has 0 aromatic rings. The molecule has 0 aliphatic heterocycles. The van der Waals surface area contributed by atoms with Gasteiger partial charge in [-0.05, 0) is 32.6 Å². The van der Waals surface area contributed by atoms with Crippen LogP contribution in [0.1, 0.15) is 26.7 Å². The molecule has 1 fully saturated rings. The molecule has 0 bridgehead atoms. The van der Waals surface area contributed by atoms with Crippen molar-refractivity contribution in [1.82, 2.24) is 10.3 Å². The Kier molecular flexibility index (Phi) is 3.46. The van der Waals surface area contributed by atoms with Gasteiger partial charge in [0.2, 0.25) is 0 Å². The number of amides is 2. The van der Waals surface area contributed by atoms with E-state index in [0.29, 0.717) is 12.5 Å². The Labute approximate surface area is 83.6 Å². The highest BCUT2D eigenvalue weighted by atomic mass is 16.2. The highest BCUT2D eigenvalue weighted by Crippen LogP contribution is 2.30. The van der Waals surface area contributed by atoms with Crippen molar-refractivity contribution in [2.24, 2.45) is 11.8 Å². The fourth-order valence-electron chi connectivity index (χ4n) is 1.30. The highest BCUT2D eigenvalue weighted by Gasteiger charge is 2.30. The van der Waals surface area contributed by atoms with Gasteiger partial charge in [-0.2, -0.15) is 0 Å². The van der Waals surface area contributed by atoms with E-state index in [1.54, 1.807) is 4.90 Å². The maximum absolute atomic E-state index is 11.5. The number of carbonyl (C=O) groups excluding carboxylic acids is 2. The van der Waals surface area contributed by atoms with Crippen LogP contribution in [0.4, 0.5) is 0 Å². The van der Waals surface area contributed by atoms with E-state index in [1.807, 2.05) is 19.3 Å². The molecule has 0 aromatic carbocycles. The molecule has 3 N–H and O–H groups in total. The molecular formula is C9H17N3O2. The van der Waals surface area contributed by atoms with Crippen molar-refractivity contribution in [3.05, 3.63) is 0 Å². The summed E-state index contributed by atoms with van der Waals surface area (Å²) >= 11 is 0. The predicted octanol–water partition coefficient (Wildman–Crippen LogP) is -0.377. The fourth-order valence-corrected chi connectivity index (χ4v) is 1.30. The van der Waals surface area contributed by atoms with E-state index in [0.717, 1.165) is 12.8 Å². The number of rotatable bonds is 3. The molecule has 1 aliphatic carbocycles. The largest absolute Gasteiger partial charge is 0.332 e. The number of nitrogens with zero attached hydrogens (tertiary/aromatic N) is 1. The van der Waals surface area contributed by atoms with Crippen molar-refractivity contribution in [2.75, 3.05) is 6.54 Å². The second-order valence-electron chi connectivity index (χ2n) is 3.97. The average molecular weight is 199 g/mol. The van der Waals surface area contributed by atoms with Crippen LogP contribution in [-0.4, -0.2) is 29.3 Å². The van der Waals surface area contributed by atoms with Gasteiger partial charge in [0.05, 0.1) is 0 Å². The van der Waals surface area contributed by atoms with Crippen LogP contribution in [0.2, 0.25) is 0 Å². The van der Waals surface area contributed by atoms with E-state index < -0.39 is 11.8 Å². The molecule has 1 saturated carbocycles. The van der Waals surface area contributed by atoms with E-state index in [2.05, 4.69) is 0 Å². The first-order valence-electron chi connectivity index (χ1n) is 4.87. The summed E-state index contributed by atoms with van der Waals surface area (Å²) in [7, 11) is 0. The van der Waals surface area contributed by atoms with E-state index in [4.69, 9.17) is 5.84 Å². The summed E-state index contributed by atoms with van der Waals surface area (Å²) in [5.74, 6) is 4.22. The molecule has 1 aliphatic rings. The molecular weight excluding hydrogens is 182 g/mol. The molecule has 0 radical (unpaired) electrons. The summed E-state index contributed by atoms with van der Waals surface area (Å²) in [6.45, 7) is 4.46. The number of hydrogen-bond donors (Lipinski definition) is 2. The van der Waals surface area contributed by atoms with E-state index in [9.17, 15) is 9.59 Å². The molecule has 0 unspecified atom stereocenters. The minimum Gasteiger partial charge on any atom is -0.332 e. The van der Waals surface area contributed by atoms with Crippen LogP contribution >= 0.6 is 0 Å². The first-order valence-corrected chi connectivity index (χ1v) is 4.87. The second kappa shape index (κ2) is 4.41. The normalized spacial score (nSPS) is 15.4. The molecule has 2 amide bonds. The van der Waals surface area contributed by atoms with Crippen molar-refractivity contribution in [3.63, 3.8) is 0 Å². The SMILES string of the molecule is CC(C)N(CC1CC1)C(=O)C(=O)NN. The Morgan fingerprint density at radius 3 is 2.43 bits per heavy atom. The van der Waals surface area contributed by atoms with Gasteiger partial charge in [-0.3, -0.25) is 15.0 Å². The average Bonchev–Trinajstić information content (AvgIpc) is 2.95. The van der Waals surface area contributed by atoms with Gasteiger partial charge in [0.15, 0.2) is 0 Å². The lowest BCUT2D eigenvalue weighted by Gasteiger charge is -2.25. The molecule has 0 saturated heterocycles. The smallest absolute Gasteiger partial charge is 0.323 e. The predicted molar refractivity (Wildman–Crippen MR) is 51.9 cm³/mol. The molecule has 5 nitrogen and oxygen atoms in total. The van der Waals surface area contributed by atoms with Gasteiger partial charge in [0, 0.05) is 12.6 Å². The van der Waals surface area contributed by atoms with Crippen molar-refractivity contribution in [1.29, 1.82) is 0 Å². The monoisotopic (exact) mass is 199 g/mol. The molecule has 1 rings (SSSR count). The van der Waals surface area contributed by atoms with Gasteiger partial charge >= 0.3 is 11.8 Å². The summed E-state index contributed by atoms with van der Waals surface area (Å²) in [4.78, 5) is 24.1. The lowest BCUT2D eigenvalue weighted by molar-refractivity contribution is -0.147. The Hall–Kier alpha value is -1.10. The quantitative estimate of drug-likeness (QED) is 0.282. The second-order valence-corrected chi connectivity index (χ2v) is 3.97. The number of nitrogens with one attached hydrogen (secondary N) is 1. The number of hydrazine groups is 1. The molecule has 0 spiro atoms. The van der Waals surface area contributed by atoms with Gasteiger partial charge in [-0.1, -0.05) is 0 Å². The van der Waals surface area contributed by atoms with Crippen molar-refractivity contribution >= 4 is 11.8 Å². The summed E-state index contributed by atoms with van der Waals surface area (Å²) in [6, 6.07) is 0.0420. The fraction of sp³-hybridized carbons (Fsp3) is 0.778. The highest BCUT2D eigenvalue weighted by molar-refractivity contribution is 6.34. The topological polar surface area (TPSA) is 75.4 Å². The van der Waals surface area contributed by atoms with Gasteiger partial charge in [-0.25, -0.2) is 5.84 Å². The van der Waals surface area contributed by atoms with Crippen molar-refractivity contribution in [2.45, 2.75) is 32.7 Å². The van der Waals surface area contributed by atoms with Crippen LogP contribution in [0.25, 0.3) is 0 Å². The third kappa shape index (κ3) is 2.70. The maximum atomic E-state index is 11.5. The summed E-state index contributed by atoms with van der Waals surface area (Å²) in [6.07, 6.45) is 2.31. The van der Waals surface area contributed by atoms with E-state index in [1.165, 1.54) is 0 Å². The van der Waals surface area contributed by atoms with Gasteiger partial charge in [-0.15, -0.1) is 0 Å². The summed E-state index contributed by atoms with van der Waals surface area (Å²) < 4.78 is 0. The Morgan fingerprint density at radius 2 is 2.07 bits per heavy atom. The molecule has 5 heteroatoms. The molecule has 0 atom stereocenters. The zero-order chi connectivity index (χ0) is 10.7. The molecule has 80 valence electrons. The van der Waals surface area contributed by atoms with Crippen LogP contribution in [0, 0.1) is 5.92 Å². The first-order chi connectivity index (χ1) is 6.56. The summed E-state index contributed by atoms with van der Waals surface area (Å²) in [5, 5.41) is 0. The molecule has 0 aromatic heterocycles. The standard InChI is InChI=1S/C9H17N3O2/c1-6(2)12(5-7-3-4-7)9(14)8(13)11-10/h6-7H,3-5,10H2,1-2H3,(H,11,13). The number of carbonyl (C=O) groups is 2. The van der Waals surface area contributed by atoms with Crippen molar-refractivity contribution < 1.29 is 9.59 Å². The van der Waals surface area contributed by atoms with E-state index >= 15 is 0 Å². The zero-order valence-electron chi connectivity index (χ0n) is 8.62. The van der Waals surface area contributed by atoms with Crippen LogP contribution < -0.4 is 11.3 Å². The van der Waals surface area contributed by atoms with Gasteiger partial charge < -0.3 is 4.90 Å². The molecule has 14 heavy (non-hydrogen) atoms. The number of nitrogens with two attached hydrogens (primary N) is 1. The lowest BCUT2D eigenvalue weighted by atomic mass is 10.2. The lowest BCUT2D eigenvalue weighted by Crippen LogP contribution is -2.48. The Bertz CT molecular complexity index is 236. The van der Waals surface area contributed by atoms with E-state index in [-0.39, 0.29) is 6.04 Å². The minimum atomic E-state index is -0.737. The third-order valence-electron chi connectivity index (χ3n) is 2.36.